The number of nitrogen functional groups attached to an aromatic ring is 1. The summed E-state index contributed by atoms with van der Waals surface area (Å²) in [4.78, 5) is 60.2. The molecule has 2 saturated heterocycles. The summed E-state index contributed by atoms with van der Waals surface area (Å²) in [5, 5.41) is 17.1. The molecule has 0 aromatic carbocycles. The molecule has 174 valence electrons. The van der Waals surface area contributed by atoms with Crippen molar-refractivity contribution in [1.29, 1.82) is 0 Å². The zero-order chi connectivity index (χ0) is 23.6. The molecule has 32 heavy (non-hydrogen) atoms. The molecule has 1 aromatic heterocycles. The standard InChI is InChI=1S/C17H22N6O7S2/c1-22(2)17(28)30-4-7-5-31-14-10(13(25)23(14)11(7)15(26)27)20-12(24)9(21-29-3)8-6-32-16(18)19-8/h6-7,10-11,14H,4-5H2,1-3H3,(H2,18,19)(H,20,24)(H,26,27)/b21-9+. The number of fused-ring (bicyclic) bond motifs is 1. The van der Waals surface area contributed by atoms with Gasteiger partial charge in [0.05, 0.1) is 6.61 Å². The molecular weight excluding hydrogens is 464 g/mol. The lowest BCUT2D eigenvalue weighted by molar-refractivity contribution is -0.165. The molecule has 2 aliphatic heterocycles. The maximum absolute atomic E-state index is 12.8. The fraction of sp³-hybridized carbons (Fsp3) is 0.529. The number of aliphatic carboxylic acids is 1. The minimum atomic E-state index is -1.21. The van der Waals surface area contributed by atoms with Crippen molar-refractivity contribution in [1.82, 2.24) is 20.1 Å². The highest BCUT2D eigenvalue weighted by Crippen LogP contribution is 2.40. The summed E-state index contributed by atoms with van der Waals surface area (Å²) in [5.41, 5.74) is 5.64. The van der Waals surface area contributed by atoms with Gasteiger partial charge in [0, 0.05) is 31.1 Å². The number of thioether (sulfide) groups is 1. The van der Waals surface area contributed by atoms with Crippen LogP contribution in [0.1, 0.15) is 5.69 Å². The maximum atomic E-state index is 12.8. The molecule has 3 rings (SSSR count). The highest BCUT2D eigenvalue weighted by molar-refractivity contribution is 8.00. The first kappa shape index (κ1) is 23.6. The van der Waals surface area contributed by atoms with Gasteiger partial charge in [0.15, 0.2) is 10.8 Å². The lowest BCUT2D eigenvalue weighted by Gasteiger charge is -2.54. The quantitative estimate of drug-likeness (QED) is 0.252. The average Bonchev–Trinajstić information content (AvgIpc) is 3.18. The molecule has 4 atom stereocenters. The largest absolute Gasteiger partial charge is 0.480 e. The van der Waals surface area contributed by atoms with Crippen molar-refractivity contribution in [2.75, 3.05) is 39.3 Å². The van der Waals surface area contributed by atoms with Gasteiger partial charge < -0.3 is 35.5 Å². The third-order valence-corrected chi connectivity index (χ3v) is 6.93. The summed E-state index contributed by atoms with van der Waals surface area (Å²) >= 11 is 2.41. The van der Waals surface area contributed by atoms with Crippen molar-refractivity contribution in [2.45, 2.75) is 17.5 Å². The molecule has 0 bridgehead atoms. The summed E-state index contributed by atoms with van der Waals surface area (Å²) in [7, 11) is 4.28. The van der Waals surface area contributed by atoms with Crippen LogP contribution in [0, 0.1) is 5.92 Å². The summed E-state index contributed by atoms with van der Waals surface area (Å²) in [6.45, 7) is -0.148. The number of aromatic nitrogens is 1. The van der Waals surface area contributed by atoms with Crippen LogP contribution in [0.25, 0.3) is 0 Å². The van der Waals surface area contributed by atoms with Crippen LogP contribution >= 0.6 is 23.1 Å². The van der Waals surface area contributed by atoms with E-state index >= 15 is 0 Å². The van der Waals surface area contributed by atoms with E-state index in [2.05, 4.69) is 15.5 Å². The summed E-state index contributed by atoms with van der Waals surface area (Å²) < 4.78 is 5.12. The maximum Gasteiger partial charge on any atom is 0.409 e. The van der Waals surface area contributed by atoms with Crippen LogP contribution in [0.2, 0.25) is 0 Å². The Labute approximate surface area is 190 Å². The fourth-order valence-corrected chi connectivity index (χ4v) is 5.34. The van der Waals surface area contributed by atoms with E-state index in [1.807, 2.05) is 0 Å². The first-order valence-corrected chi connectivity index (χ1v) is 11.2. The Hall–Kier alpha value is -3.07. The molecule has 0 radical (unpaired) electrons. The van der Waals surface area contributed by atoms with E-state index in [9.17, 15) is 24.3 Å². The van der Waals surface area contributed by atoms with Crippen molar-refractivity contribution in [3.63, 3.8) is 0 Å². The third-order valence-electron chi connectivity index (χ3n) is 4.79. The molecule has 3 heterocycles. The monoisotopic (exact) mass is 486 g/mol. The van der Waals surface area contributed by atoms with Crippen molar-refractivity contribution < 1.29 is 33.9 Å². The Morgan fingerprint density at radius 2 is 2.16 bits per heavy atom. The van der Waals surface area contributed by atoms with Crippen LogP contribution in [-0.4, -0.2) is 101 Å². The number of ether oxygens (including phenoxy) is 1. The van der Waals surface area contributed by atoms with Gasteiger partial charge in [0.2, 0.25) is 5.91 Å². The number of anilines is 1. The van der Waals surface area contributed by atoms with E-state index in [0.29, 0.717) is 5.75 Å². The molecule has 4 N–H and O–H groups in total. The number of amides is 3. The third kappa shape index (κ3) is 4.57. The Morgan fingerprint density at radius 3 is 2.72 bits per heavy atom. The Balaban J connectivity index is 1.70. The minimum Gasteiger partial charge on any atom is -0.480 e. The molecule has 3 amide bonds. The second kappa shape index (κ2) is 9.60. The number of carboxylic acids is 1. The number of carbonyl (C=O) groups excluding carboxylic acids is 3. The molecule has 15 heteroatoms. The van der Waals surface area contributed by atoms with Crippen LogP contribution in [0.15, 0.2) is 10.5 Å². The van der Waals surface area contributed by atoms with Gasteiger partial charge in [0.25, 0.3) is 5.91 Å². The van der Waals surface area contributed by atoms with E-state index < -0.39 is 47.3 Å². The number of thiazole rings is 1. The van der Waals surface area contributed by atoms with Gasteiger partial charge >= 0.3 is 12.1 Å². The van der Waals surface area contributed by atoms with Crippen LogP contribution < -0.4 is 11.1 Å². The molecule has 0 spiro atoms. The van der Waals surface area contributed by atoms with Gasteiger partial charge in [-0.05, 0) is 0 Å². The van der Waals surface area contributed by atoms with E-state index in [0.717, 1.165) is 11.3 Å². The van der Waals surface area contributed by atoms with E-state index in [1.54, 1.807) is 0 Å². The van der Waals surface area contributed by atoms with E-state index in [4.69, 9.17) is 15.3 Å². The molecule has 2 aliphatic rings. The van der Waals surface area contributed by atoms with Gasteiger partial charge in [-0.15, -0.1) is 23.1 Å². The average molecular weight is 487 g/mol. The number of hydrogen-bond acceptors (Lipinski definition) is 11. The highest BCUT2D eigenvalue weighted by atomic mass is 32.2. The molecule has 0 aliphatic carbocycles. The molecule has 2 fully saturated rings. The lowest BCUT2D eigenvalue weighted by Crippen LogP contribution is -2.76. The molecule has 4 unspecified atom stereocenters. The Kier molecular flexibility index (Phi) is 7.08. The van der Waals surface area contributed by atoms with Gasteiger partial charge in [-0.3, -0.25) is 9.59 Å². The van der Waals surface area contributed by atoms with Crippen molar-refractivity contribution in [3.8, 4) is 0 Å². The summed E-state index contributed by atoms with van der Waals surface area (Å²) in [6, 6.07) is -2.13. The fourth-order valence-electron chi connectivity index (χ4n) is 3.30. The Morgan fingerprint density at radius 1 is 1.44 bits per heavy atom. The number of nitrogens with one attached hydrogen (secondary N) is 1. The normalized spacial score (nSPS) is 24.8. The number of carboxylic acid groups (broad SMARTS) is 1. The van der Waals surface area contributed by atoms with E-state index in [-0.39, 0.29) is 23.1 Å². The van der Waals surface area contributed by atoms with Gasteiger partial charge in [-0.1, -0.05) is 5.16 Å². The topological polar surface area (TPSA) is 177 Å². The van der Waals surface area contributed by atoms with Gasteiger partial charge in [-0.2, -0.15) is 0 Å². The second-order valence-electron chi connectivity index (χ2n) is 7.13. The smallest absolute Gasteiger partial charge is 0.409 e. The first-order valence-electron chi connectivity index (χ1n) is 9.29. The Bertz CT molecular complexity index is 952. The molecule has 0 saturated carbocycles. The summed E-state index contributed by atoms with van der Waals surface area (Å²) in [6.07, 6.45) is -0.603. The zero-order valence-corrected chi connectivity index (χ0v) is 19.0. The minimum absolute atomic E-state index is 0.148. The van der Waals surface area contributed by atoms with Crippen molar-refractivity contribution in [3.05, 3.63) is 11.1 Å². The van der Waals surface area contributed by atoms with Gasteiger partial charge in [-0.25, -0.2) is 14.6 Å². The van der Waals surface area contributed by atoms with E-state index in [1.165, 1.54) is 48.1 Å². The molecule has 13 nitrogen and oxygen atoms in total. The van der Waals surface area contributed by atoms with Crippen LogP contribution in [0.4, 0.5) is 9.93 Å². The van der Waals surface area contributed by atoms with Crippen LogP contribution in [0.3, 0.4) is 0 Å². The summed E-state index contributed by atoms with van der Waals surface area (Å²) in [5.74, 6) is -2.74. The number of oxime groups is 1. The SMILES string of the molecule is CO/N=C(/C(=O)NC1C(=O)N2C1SCC(COC(=O)N(C)C)C2C(=O)O)c1csc(N)n1. The lowest BCUT2D eigenvalue weighted by atomic mass is 9.94. The molecule has 1 aromatic rings. The predicted octanol–water partition coefficient (Wildman–Crippen LogP) is -0.757. The van der Waals surface area contributed by atoms with Crippen LogP contribution in [-0.2, 0) is 24.0 Å². The van der Waals surface area contributed by atoms with Gasteiger partial charge in [0.1, 0.15) is 30.3 Å². The molecular formula is C17H22N6O7S2. The predicted molar refractivity (Wildman–Crippen MR) is 115 cm³/mol. The zero-order valence-electron chi connectivity index (χ0n) is 17.4. The number of hydrogen-bond donors (Lipinski definition) is 3. The second-order valence-corrected chi connectivity index (χ2v) is 9.17. The van der Waals surface area contributed by atoms with Crippen LogP contribution in [0.5, 0.6) is 0 Å². The van der Waals surface area contributed by atoms with Crippen molar-refractivity contribution in [2.24, 2.45) is 11.1 Å². The first-order chi connectivity index (χ1) is 15.1. The number of β-lactam (4-membered cyclic amide) rings is 1. The number of nitrogens with zero attached hydrogens (tertiary/aromatic N) is 4. The highest BCUT2D eigenvalue weighted by Gasteiger charge is 2.58. The number of carbonyl (C=O) groups is 4. The number of rotatable bonds is 7. The number of nitrogens with two attached hydrogens (primary N) is 1. The van der Waals surface area contributed by atoms with Crippen molar-refractivity contribution >= 4 is 57.8 Å².